The van der Waals surface area contributed by atoms with E-state index in [2.05, 4.69) is 5.32 Å². The lowest BCUT2D eigenvalue weighted by Gasteiger charge is -2.15. The summed E-state index contributed by atoms with van der Waals surface area (Å²) in [6.45, 7) is 1.17. The lowest BCUT2D eigenvalue weighted by Crippen LogP contribution is -2.35. The van der Waals surface area contributed by atoms with Crippen molar-refractivity contribution >= 4 is 22.5 Å². The van der Waals surface area contributed by atoms with Gasteiger partial charge in [-0.1, -0.05) is 6.07 Å². The van der Waals surface area contributed by atoms with Crippen LogP contribution in [0.3, 0.4) is 0 Å². The quantitative estimate of drug-likeness (QED) is 0.839. The molecule has 0 bridgehead atoms. The Morgan fingerprint density at radius 1 is 1.33 bits per heavy atom. The van der Waals surface area contributed by atoms with Crippen molar-refractivity contribution < 1.29 is 9.53 Å². The second-order valence-electron chi connectivity index (χ2n) is 6.60. The summed E-state index contributed by atoms with van der Waals surface area (Å²) < 4.78 is 7.53. The Morgan fingerprint density at radius 2 is 2.17 bits per heavy atom. The molecular formula is C18H21N3O3. The number of anilines is 1. The highest BCUT2D eigenvalue weighted by Gasteiger charge is 2.27. The maximum absolute atomic E-state index is 12.8. The van der Waals surface area contributed by atoms with Crippen LogP contribution in [-0.4, -0.2) is 29.7 Å². The number of hydrogen-bond acceptors (Lipinski definition) is 4. The van der Waals surface area contributed by atoms with E-state index in [1.165, 1.54) is 0 Å². The van der Waals surface area contributed by atoms with E-state index in [0.717, 1.165) is 37.8 Å². The monoisotopic (exact) mass is 327 g/mol. The van der Waals surface area contributed by atoms with Crippen molar-refractivity contribution in [1.29, 1.82) is 0 Å². The molecule has 3 N–H and O–H groups in total. The van der Waals surface area contributed by atoms with Crippen LogP contribution < -0.4 is 16.5 Å². The first-order valence-electron chi connectivity index (χ1n) is 8.48. The van der Waals surface area contributed by atoms with E-state index in [1.807, 2.05) is 16.7 Å². The zero-order valence-electron chi connectivity index (χ0n) is 13.5. The Morgan fingerprint density at radius 3 is 2.88 bits per heavy atom. The predicted molar refractivity (Wildman–Crippen MR) is 92.2 cm³/mol. The summed E-state index contributed by atoms with van der Waals surface area (Å²) in [5, 5.41) is 3.27. The van der Waals surface area contributed by atoms with Crippen molar-refractivity contribution in [3.63, 3.8) is 0 Å². The largest absolute Gasteiger partial charge is 0.398 e. The van der Waals surface area contributed by atoms with E-state index in [-0.39, 0.29) is 23.0 Å². The van der Waals surface area contributed by atoms with Gasteiger partial charge in [0.05, 0.1) is 17.0 Å². The first-order chi connectivity index (χ1) is 11.6. The predicted octanol–water partition coefficient (Wildman–Crippen LogP) is 1.83. The molecule has 1 amide bonds. The number of ether oxygens (including phenoxy) is 1. The zero-order chi connectivity index (χ0) is 16.7. The molecule has 0 radical (unpaired) electrons. The average Bonchev–Trinajstić information content (AvgIpc) is 3.28. The highest BCUT2D eigenvalue weighted by Crippen LogP contribution is 2.37. The van der Waals surface area contributed by atoms with Crippen LogP contribution in [0.2, 0.25) is 0 Å². The Hall–Kier alpha value is -2.34. The Balaban J connectivity index is 1.71. The van der Waals surface area contributed by atoms with Crippen LogP contribution in [0.5, 0.6) is 0 Å². The maximum atomic E-state index is 12.8. The summed E-state index contributed by atoms with van der Waals surface area (Å²) in [5.41, 5.74) is 7.10. The zero-order valence-corrected chi connectivity index (χ0v) is 13.5. The van der Waals surface area contributed by atoms with Gasteiger partial charge in [0.1, 0.15) is 5.56 Å². The number of nitrogens with two attached hydrogens (primary N) is 1. The van der Waals surface area contributed by atoms with Crippen LogP contribution in [0, 0.1) is 0 Å². The molecule has 1 aromatic heterocycles. The van der Waals surface area contributed by atoms with E-state index in [4.69, 9.17) is 10.5 Å². The minimum Gasteiger partial charge on any atom is -0.398 e. The molecule has 2 aliphatic rings. The molecule has 1 aromatic carbocycles. The van der Waals surface area contributed by atoms with Crippen molar-refractivity contribution in [2.24, 2.45) is 0 Å². The summed E-state index contributed by atoms with van der Waals surface area (Å²) in [6.07, 6.45) is 5.81. The number of pyridine rings is 1. The number of nitrogen functional groups attached to an aromatic ring is 1. The molecule has 1 aliphatic heterocycles. The lowest BCUT2D eigenvalue weighted by molar-refractivity contribution is 0.0856. The van der Waals surface area contributed by atoms with Crippen LogP contribution in [0.4, 0.5) is 5.69 Å². The number of fused-ring (bicyclic) bond motifs is 1. The van der Waals surface area contributed by atoms with Crippen molar-refractivity contribution in [2.45, 2.75) is 37.8 Å². The molecule has 2 aromatic rings. The fraction of sp³-hybridized carbons (Fsp3) is 0.444. The first kappa shape index (κ1) is 15.2. The second kappa shape index (κ2) is 5.94. The molecule has 6 nitrogen and oxygen atoms in total. The van der Waals surface area contributed by atoms with Gasteiger partial charge in [-0.3, -0.25) is 9.59 Å². The van der Waals surface area contributed by atoms with E-state index in [0.29, 0.717) is 23.7 Å². The normalized spacial score (nSPS) is 20.4. The molecule has 24 heavy (non-hydrogen) atoms. The number of rotatable bonds is 4. The number of nitrogens with one attached hydrogen (secondary N) is 1. The van der Waals surface area contributed by atoms with E-state index in [9.17, 15) is 9.59 Å². The average molecular weight is 327 g/mol. The van der Waals surface area contributed by atoms with Crippen molar-refractivity contribution in [3.8, 4) is 0 Å². The van der Waals surface area contributed by atoms with E-state index >= 15 is 0 Å². The molecule has 1 aliphatic carbocycles. The molecule has 1 saturated heterocycles. The number of carbonyl (C=O) groups excluding carboxylic acids is 1. The number of benzene rings is 1. The molecular weight excluding hydrogens is 306 g/mol. The molecule has 1 saturated carbocycles. The van der Waals surface area contributed by atoms with E-state index in [1.54, 1.807) is 12.3 Å². The number of hydrogen-bond donors (Lipinski definition) is 2. The van der Waals surface area contributed by atoms with Gasteiger partial charge < -0.3 is 20.4 Å². The van der Waals surface area contributed by atoms with Crippen LogP contribution >= 0.6 is 0 Å². The molecule has 4 rings (SSSR count). The third-order valence-corrected chi connectivity index (χ3v) is 4.79. The molecule has 1 unspecified atom stereocenters. The van der Waals surface area contributed by atoms with Gasteiger partial charge in [-0.25, -0.2) is 0 Å². The highest BCUT2D eigenvalue weighted by molar-refractivity contribution is 6.00. The number of aromatic nitrogens is 1. The molecule has 126 valence electrons. The van der Waals surface area contributed by atoms with Gasteiger partial charge in [0.2, 0.25) is 5.43 Å². The minimum absolute atomic E-state index is 0.0464. The summed E-state index contributed by atoms with van der Waals surface area (Å²) in [5.74, 6) is -0.352. The standard InChI is InChI=1S/C18H21N3O3/c19-14-4-1-5-15-16(14)17(22)13(10-21(15)11-6-7-11)18(23)20-9-12-3-2-8-24-12/h1,4-5,10-12H,2-3,6-9,19H2,(H,20,23). The number of nitrogens with zero attached hydrogens (tertiary/aromatic N) is 1. The topological polar surface area (TPSA) is 86.3 Å². The SMILES string of the molecule is Nc1cccc2c1c(=O)c(C(=O)NCC1CCCO1)cn2C1CC1. The summed E-state index contributed by atoms with van der Waals surface area (Å²) in [4.78, 5) is 25.3. The lowest BCUT2D eigenvalue weighted by atomic mass is 10.1. The summed E-state index contributed by atoms with van der Waals surface area (Å²) in [7, 11) is 0. The first-order valence-corrected chi connectivity index (χ1v) is 8.48. The van der Waals surface area contributed by atoms with Gasteiger partial charge in [0.25, 0.3) is 5.91 Å². The molecule has 1 atom stereocenters. The Bertz CT molecular complexity index is 848. The fourth-order valence-corrected chi connectivity index (χ4v) is 3.35. The fourth-order valence-electron chi connectivity index (χ4n) is 3.35. The summed E-state index contributed by atoms with van der Waals surface area (Å²) in [6, 6.07) is 5.78. The van der Waals surface area contributed by atoms with Crippen LogP contribution in [-0.2, 0) is 4.74 Å². The van der Waals surface area contributed by atoms with Gasteiger partial charge in [0.15, 0.2) is 0 Å². The Kier molecular flexibility index (Phi) is 3.76. The smallest absolute Gasteiger partial charge is 0.256 e. The summed E-state index contributed by atoms with van der Waals surface area (Å²) >= 11 is 0. The maximum Gasteiger partial charge on any atom is 0.256 e. The third kappa shape index (κ3) is 2.67. The third-order valence-electron chi connectivity index (χ3n) is 4.79. The molecule has 0 spiro atoms. The highest BCUT2D eigenvalue weighted by atomic mass is 16.5. The minimum atomic E-state index is -0.352. The van der Waals surface area contributed by atoms with Gasteiger partial charge in [0, 0.05) is 31.1 Å². The Labute approximate surface area is 139 Å². The van der Waals surface area contributed by atoms with Crippen LogP contribution in [0.15, 0.2) is 29.2 Å². The molecule has 2 heterocycles. The van der Waals surface area contributed by atoms with Crippen molar-refractivity contribution in [3.05, 3.63) is 40.2 Å². The van der Waals surface area contributed by atoms with Gasteiger partial charge in [-0.05, 0) is 37.8 Å². The van der Waals surface area contributed by atoms with Gasteiger partial charge in [-0.2, -0.15) is 0 Å². The van der Waals surface area contributed by atoms with Crippen molar-refractivity contribution in [1.82, 2.24) is 9.88 Å². The van der Waals surface area contributed by atoms with Crippen LogP contribution in [0.25, 0.3) is 10.9 Å². The van der Waals surface area contributed by atoms with Crippen LogP contribution in [0.1, 0.15) is 42.1 Å². The second-order valence-corrected chi connectivity index (χ2v) is 6.60. The van der Waals surface area contributed by atoms with Gasteiger partial charge >= 0.3 is 0 Å². The number of carbonyl (C=O) groups is 1. The van der Waals surface area contributed by atoms with Gasteiger partial charge in [-0.15, -0.1) is 0 Å². The van der Waals surface area contributed by atoms with Crippen molar-refractivity contribution in [2.75, 3.05) is 18.9 Å². The molecule has 6 heteroatoms. The molecule has 2 fully saturated rings. The van der Waals surface area contributed by atoms with E-state index < -0.39 is 0 Å². The number of amides is 1.